The summed E-state index contributed by atoms with van der Waals surface area (Å²) in [6, 6.07) is 6.84. The maximum atomic E-state index is 10.7. The summed E-state index contributed by atoms with van der Waals surface area (Å²) in [6.45, 7) is 0. The number of carboxylic acids is 1. The fourth-order valence-corrected chi connectivity index (χ4v) is 1.35. The molecular weight excluding hydrogens is 238 g/mol. The number of aromatic carboxylic acids is 1. The Hall–Kier alpha value is -2.83. The van der Waals surface area contributed by atoms with E-state index in [1.807, 2.05) is 0 Å². The second-order valence-corrected chi connectivity index (χ2v) is 3.37. The summed E-state index contributed by atoms with van der Waals surface area (Å²) in [4.78, 5) is 28.5. The molecule has 0 aliphatic carbocycles. The Kier molecular flexibility index (Phi) is 2.96. The third-order valence-corrected chi connectivity index (χ3v) is 2.21. The molecule has 1 aromatic heterocycles. The first-order chi connectivity index (χ1) is 8.58. The third kappa shape index (κ3) is 2.29. The fourth-order valence-electron chi connectivity index (χ4n) is 1.35. The topological polar surface area (TPSA) is 106 Å². The number of carboxylic acid groups (broad SMARTS) is 1. The van der Waals surface area contributed by atoms with Crippen LogP contribution in [0.15, 0.2) is 36.5 Å². The first kappa shape index (κ1) is 11.6. The predicted octanol–water partition coefficient (Wildman–Crippen LogP) is 1.75. The average Bonchev–Trinajstić information content (AvgIpc) is 2.39. The Labute approximate surface area is 101 Å². The van der Waals surface area contributed by atoms with Gasteiger partial charge in [0.2, 0.25) is 0 Å². The number of hydrogen-bond acceptors (Lipinski definition) is 5. The molecule has 0 atom stereocenters. The van der Waals surface area contributed by atoms with Crippen molar-refractivity contribution in [2.75, 3.05) is 0 Å². The Morgan fingerprint density at radius 2 is 1.89 bits per heavy atom. The molecule has 0 amide bonds. The first-order valence-corrected chi connectivity index (χ1v) is 4.89. The summed E-state index contributed by atoms with van der Waals surface area (Å²) >= 11 is 0. The van der Waals surface area contributed by atoms with E-state index in [1.165, 1.54) is 36.5 Å². The number of hydrogen-bond donors (Lipinski definition) is 1. The monoisotopic (exact) mass is 245 g/mol. The van der Waals surface area contributed by atoms with Gasteiger partial charge in [-0.25, -0.2) is 14.8 Å². The highest BCUT2D eigenvalue weighted by molar-refractivity contribution is 5.85. The maximum Gasteiger partial charge on any atom is 0.354 e. The van der Waals surface area contributed by atoms with Crippen LogP contribution >= 0.6 is 0 Å². The van der Waals surface area contributed by atoms with Gasteiger partial charge in [0.05, 0.1) is 4.92 Å². The van der Waals surface area contributed by atoms with Crippen molar-refractivity contribution in [1.29, 1.82) is 0 Å². The maximum absolute atomic E-state index is 10.7. The molecule has 0 bridgehead atoms. The van der Waals surface area contributed by atoms with E-state index in [0.717, 1.165) is 0 Å². The fraction of sp³-hybridized carbons (Fsp3) is 0. The third-order valence-electron chi connectivity index (χ3n) is 2.21. The van der Waals surface area contributed by atoms with E-state index in [2.05, 4.69) is 9.97 Å². The Morgan fingerprint density at radius 3 is 2.44 bits per heavy atom. The average molecular weight is 245 g/mol. The van der Waals surface area contributed by atoms with E-state index < -0.39 is 10.9 Å². The number of rotatable bonds is 3. The largest absolute Gasteiger partial charge is 0.477 e. The predicted molar refractivity (Wildman–Crippen MR) is 61.1 cm³/mol. The molecule has 0 spiro atoms. The summed E-state index contributed by atoms with van der Waals surface area (Å²) in [5.74, 6) is -0.939. The van der Waals surface area contributed by atoms with Crippen LogP contribution in [0.3, 0.4) is 0 Å². The summed E-state index contributed by atoms with van der Waals surface area (Å²) in [7, 11) is 0. The van der Waals surface area contributed by atoms with Gasteiger partial charge in [0.15, 0.2) is 11.5 Å². The number of benzene rings is 1. The molecule has 0 fully saturated rings. The Morgan fingerprint density at radius 1 is 1.22 bits per heavy atom. The highest BCUT2D eigenvalue weighted by Gasteiger charge is 2.09. The summed E-state index contributed by atoms with van der Waals surface area (Å²) in [5, 5.41) is 19.3. The van der Waals surface area contributed by atoms with Crippen molar-refractivity contribution in [3.05, 3.63) is 52.3 Å². The molecule has 0 aliphatic heterocycles. The SMILES string of the molecule is O=C(O)c1ccnc(-c2ccc([N+](=O)[O-])cc2)n1. The summed E-state index contributed by atoms with van der Waals surface area (Å²) in [6.07, 6.45) is 1.33. The summed E-state index contributed by atoms with van der Waals surface area (Å²) in [5.41, 5.74) is 0.343. The summed E-state index contributed by atoms with van der Waals surface area (Å²) < 4.78 is 0. The van der Waals surface area contributed by atoms with Crippen LogP contribution in [0.25, 0.3) is 11.4 Å². The molecule has 1 aromatic carbocycles. The van der Waals surface area contributed by atoms with Crippen molar-refractivity contribution in [2.45, 2.75) is 0 Å². The van der Waals surface area contributed by atoms with Crippen LogP contribution in [-0.2, 0) is 0 Å². The second kappa shape index (κ2) is 4.58. The van der Waals surface area contributed by atoms with E-state index in [0.29, 0.717) is 5.56 Å². The van der Waals surface area contributed by atoms with Crippen molar-refractivity contribution in [1.82, 2.24) is 9.97 Å². The van der Waals surface area contributed by atoms with Gasteiger partial charge in [0, 0.05) is 23.9 Å². The first-order valence-electron chi connectivity index (χ1n) is 4.89. The number of nitrogens with zero attached hydrogens (tertiary/aromatic N) is 3. The normalized spacial score (nSPS) is 10.0. The van der Waals surface area contributed by atoms with E-state index >= 15 is 0 Å². The zero-order chi connectivity index (χ0) is 13.1. The van der Waals surface area contributed by atoms with E-state index in [-0.39, 0.29) is 17.2 Å². The van der Waals surface area contributed by atoms with Crippen molar-refractivity contribution in [3.8, 4) is 11.4 Å². The van der Waals surface area contributed by atoms with Crippen LogP contribution < -0.4 is 0 Å². The quantitative estimate of drug-likeness (QED) is 0.652. The van der Waals surface area contributed by atoms with Crippen molar-refractivity contribution >= 4 is 11.7 Å². The lowest BCUT2D eigenvalue weighted by atomic mass is 10.2. The van der Waals surface area contributed by atoms with Gasteiger partial charge in [-0.1, -0.05) is 0 Å². The molecule has 2 aromatic rings. The molecule has 2 rings (SSSR count). The van der Waals surface area contributed by atoms with Crippen LogP contribution in [0.1, 0.15) is 10.5 Å². The van der Waals surface area contributed by atoms with E-state index in [9.17, 15) is 14.9 Å². The zero-order valence-corrected chi connectivity index (χ0v) is 8.98. The minimum atomic E-state index is -1.15. The molecule has 7 heteroatoms. The standard InChI is InChI=1S/C11H7N3O4/c15-11(16)9-5-6-12-10(13-9)7-1-3-8(4-2-7)14(17)18/h1-6H,(H,15,16). The highest BCUT2D eigenvalue weighted by Crippen LogP contribution is 2.19. The molecule has 0 aliphatic rings. The molecule has 18 heavy (non-hydrogen) atoms. The van der Waals surface area contributed by atoms with Gasteiger partial charge in [-0.2, -0.15) is 0 Å². The molecule has 1 heterocycles. The Balaban J connectivity index is 2.39. The van der Waals surface area contributed by atoms with Crippen LogP contribution in [0, 0.1) is 10.1 Å². The van der Waals surface area contributed by atoms with Gasteiger partial charge in [0.25, 0.3) is 5.69 Å². The van der Waals surface area contributed by atoms with Gasteiger partial charge >= 0.3 is 5.97 Å². The number of non-ortho nitro benzene ring substituents is 1. The molecular formula is C11H7N3O4. The molecule has 7 nitrogen and oxygen atoms in total. The molecule has 0 saturated heterocycles. The number of nitro groups is 1. The molecule has 0 radical (unpaired) electrons. The number of aromatic nitrogens is 2. The molecule has 90 valence electrons. The van der Waals surface area contributed by atoms with Crippen molar-refractivity contribution < 1.29 is 14.8 Å². The van der Waals surface area contributed by atoms with Gasteiger partial charge in [-0.3, -0.25) is 10.1 Å². The zero-order valence-electron chi connectivity index (χ0n) is 8.98. The van der Waals surface area contributed by atoms with Gasteiger partial charge in [0.1, 0.15) is 0 Å². The second-order valence-electron chi connectivity index (χ2n) is 3.37. The number of nitro benzene ring substituents is 1. The minimum absolute atomic E-state index is 0.0480. The number of carbonyl (C=O) groups is 1. The highest BCUT2D eigenvalue weighted by atomic mass is 16.6. The van der Waals surface area contributed by atoms with Crippen LogP contribution in [0.5, 0.6) is 0 Å². The smallest absolute Gasteiger partial charge is 0.354 e. The molecule has 1 N–H and O–H groups in total. The van der Waals surface area contributed by atoms with Crippen LogP contribution in [0.4, 0.5) is 5.69 Å². The van der Waals surface area contributed by atoms with Crippen molar-refractivity contribution in [3.63, 3.8) is 0 Å². The lowest BCUT2D eigenvalue weighted by Crippen LogP contribution is -2.02. The van der Waals surface area contributed by atoms with Crippen molar-refractivity contribution in [2.24, 2.45) is 0 Å². The molecule has 0 unspecified atom stereocenters. The van der Waals surface area contributed by atoms with E-state index in [1.54, 1.807) is 0 Å². The van der Waals surface area contributed by atoms with Gasteiger partial charge in [-0.05, 0) is 18.2 Å². The van der Waals surface area contributed by atoms with Gasteiger partial charge in [-0.15, -0.1) is 0 Å². The Bertz CT molecular complexity index is 610. The van der Waals surface area contributed by atoms with Crippen LogP contribution in [0.2, 0.25) is 0 Å². The lowest BCUT2D eigenvalue weighted by molar-refractivity contribution is -0.384. The van der Waals surface area contributed by atoms with E-state index in [4.69, 9.17) is 5.11 Å². The minimum Gasteiger partial charge on any atom is -0.477 e. The molecule has 0 saturated carbocycles. The lowest BCUT2D eigenvalue weighted by Gasteiger charge is -2.00. The van der Waals surface area contributed by atoms with Crippen LogP contribution in [-0.4, -0.2) is 26.0 Å². The van der Waals surface area contributed by atoms with Gasteiger partial charge < -0.3 is 5.11 Å².